The van der Waals surface area contributed by atoms with Gasteiger partial charge in [0.1, 0.15) is 0 Å². The molecule has 3 rings (SSSR count). The van der Waals surface area contributed by atoms with Crippen molar-refractivity contribution in [2.45, 2.75) is 25.7 Å². The molecule has 0 amide bonds. The third kappa shape index (κ3) is 3.96. The fraction of sp³-hybridized carbons (Fsp3) is 0.368. The average Bonchev–Trinajstić information content (AvgIpc) is 2.60. The fourth-order valence-electron chi connectivity index (χ4n) is 2.82. The normalized spacial score (nSPS) is 15.2. The van der Waals surface area contributed by atoms with E-state index in [1.807, 2.05) is 45.0 Å². The van der Waals surface area contributed by atoms with Crippen LogP contribution in [0, 0.1) is 20.8 Å². The molecular formula is C19H24N2O3S. The number of morpholine rings is 1. The minimum absolute atomic E-state index is 0.284. The minimum atomic E-state index is -3.62. The van der Waals surface area contributed by atoms with E-state index >= 15 is 0 Å². The first-order valence-electron chi connectivity index (χ1n) is 8.40. The van der Waals surface area contributed by atoms with Crippen LogP contribution in [0.1, 0.15) is 16.7 Å². The van der Waals surface area contributed by atoms with Crippen molar-refractivity contribution in [1.29, 1.82) is 0 Å². The molecule has 2 aromatic carbocycles. The van der Waals surface area contributed by atoms with Gasteiger partial charge in [0, 0.05) is 18.8 Å². The lowest BCUT2D eigenvalue weighted by Gasteiger charge is -2.29. The SMILES string of the molecule is Cc1ccc(S(=O)(=O)Nc2cc(N3CCOCC3)ccc2C)cc1C. The van der Waals surface area contributed by atoms with Crippen molar-refractivity contribution < 1.29 is 13.2 Å². The quantitative estimate of drug-likeness (QED) is 0.909. The topological polar surface area (TPSA) is 58.6 Å². The molecule has 0 aliphatic carbocycles. The van der Waals surface area contributed by atoms with Crippen LogP contribution in [0.5, 0.6) is 0 Å². The fourth-order valence-corrected chi connectivity index (χ4v) is 4.03. The smallest absolute Gasteiger partial charge is 0.261 e. The zero-order valence-electron chi connectivity index (χ0n) is 14.9. The first-order valence-corrected chi connectivity index (χ1v) is 9.88. The number of nitrogens with one attached hydrogen (secondary N) is 1. The highest BCUT2D eigenvalue weighted by Crippen LogP contribution is 2.26. The van der Waals surface area contributed by atoms with E-state index in [0.29, 0.717) is 18.9 Å². The summed E-state index contributed by atoms with van der Waals surface area (Å²) >= 11 is 0. The lowest BCUT2D eigenvalue weighted by atomic mass is 10.1. The van der Waals surface area contributed by atoms with Gasteiger partial charge in [0.05, 0.1) is 23.8 Å². The molecule has 0 spiro atoms. The highest BCUT2D eigenvalue weighted by molar-refractivity contribution is 7.92. The predicted octanol–water partition coefficient (Wildman–Crippen LogP) is 3.25. The molecule has 1 fully saturated rings. The van der Waals surface area contributed by atoms with Crippen molar-refractivity contribution in [1.82, 2.24) is 0 Å². The lowest BCUT2D eigenvalue weighted by molar-refractivity contribution is 0.122. The molecule has 25 heavy (non-hydrogen) atoms. The second kappa shape index (κ2) is 7.06. The second-order valence-electron chi connectivity index (χ2n) is 6.45. The Hall–Kier alpha value is -2.05. The number of hydrogen-bond acceptors (Lipinski definition) is 4. The van der Waals surface area contributed by atoms with E-state index in [1.54, 1.807) is 12.1 Å². The molecule has 1 saturated heterocycles. The Kier molecular flexibility index (Phi) is 5.01. The van der Waals surface area contributed by atoms with Crippen LogP contribution in [-0.4, -0.2) is 34.7 Å². The molecule has 0 unspecified atom stereocenters. The largest absolute Gasteiger partial charge is 0.378 e. The van der Waals surface area contributed by atoms with E-state index in [4.69, 9.17) is 4.74 Å². The van der Waals surface area contributed by atoms with Crippen LogP contribution in [0.25, 0.3) is 0 Å². The van der Waals surface area contributed by atoms with Crippen LogP contribution < -0.4 is 9.62 Å². The summed E-state index contributed by atoms with van der Waals surface area (Å²) in [5.41, 5.74) is 4.55. The van der Waals surface area contributed by atoms with Gasteiger partial charge < -0.3 is 9.64 Å². The van der Waals surface area contributed by atoms with E-state index in [9.17, 15) is 8.42 Å². The number of benzene rings is 2. The highest BCUT2D eigenvalue weighted by atomic mass is 32.2. The molecular weight excluding hydrogens is 336 g/mol. The van der Waals surface area contributed by atoms with Gasteiger partial charge in [0.25, 0.3) is 10.0 Å². The summed E-state index contributed by atoms with van der Waals surface area (Å²) < 4.78 is 33.6. The van der Waals surface area contributed by atoms with Crippen molar-refractivity contribution in [3.8, 4) is 0 Å². The van der Waals surface area contributed by atoms with Gasteiger partial charge in [-0.2, -0.15) is 0 Å². The van der Waals surface area contributed by atoms with E-state index in [-0.39, 0.29) is 4.90 Å². The second-order valence-corrected chi connectivity index (χ2v) is 8.13. The molecule has 1 heterocycles. The van der Waals surface area contributed by atoms with Gasteiger partial charge in [-0.3, -0.25) is 4.72 Å². The van der Waals surface area contributed by atoms with E-state index < -0.39 is 10.0 Å². The summed E-state index contributed by atoms with van der Waals surface area (Å²) in [6.07, 6.45) is 0. The molecule has 1 aliphatic rings. The van der Waals surface area contributed by atoms with Crippen LogP contribution in [0.4, 0.5) is 11.4 Å². The first-order chi connectivity index (χ1) is 11.9. The van der Waals surface area contributed by atoms with Gasteiger partial charge in [-0.15, -0.1) is 0 Å². The number of sulfonamides is 1. The maximum Gasteiger partial charge on any atom is 0.261 e. The summed E-state index contributed by atoms with van der Waals surface area (Å²) in [7, 11) is -3.62. The maximum atomic E-state index is 12.8. The predicted molar refractivity (Wildman–Crippen MR) is 101 cm³/mol. The Bertz CT molecular complexity index is 872. The number of nitrogens with zero attached hydrogens (tertiary/aromatic N) is 1. The molecule has 1 N–H and O–H groups in total. The molecule has 134 valence electrons. The van der Waals surface area contributed by atoms with E-state index in [1.165, 1.54) is 0 Å². The van der Waals surface area contributed by atoms with Gasteiger partial charge in [0.15, 0.2) is 0 Å². The van der Waals surface area contributed by atoms with E-state index in [0.717, 1.165) is 35.5 Å². The van der Waals surface area contributed by atoms with Crippen LogP contribution >= 0.6 is 0 Å². The molecule has 5 nitrogen and oxygen atoms in total. The third-order valence-electron chi connectivity index (χ3n) is 4.63. The molecule has 1 aliphatic heterocycles. The maximum absolute atomic E-state index is 12.8. The molecule has 0 radical (unpaired) electrons. The van der Waals surface area contributed by atoms with Gasteiger partial charge >= 0.3 is 0 Å². The van der Waals surface area contributed by atoms with Gasteiger partial charge in [-0.05, 0) is 61.7 Å². The minimum Gasteiger partial charge on any atom is -0.378 e. The summed E-state index contributed by atoms with van der Waals surface area (Å²) in [5.74, 6) is 0. The number of rotatable bonds is 4. The summed E-state index contributed by atoms with van der Waals surface area (Å²) in [6.45, 7) is 8.79. The van der Waals surface area contributed by atoms with Crippen molar-refractivity contribution in [3.05, 3.63) is 53.1 Å². The summed E-state index contributed by atoms with van der Waals surface area (Å²) in [5, 5.41) is 0. The Morgan fingerprint density at radius 1 is 0.920 bits per heavy atom. The van der Waals surface area contributed by atoms with Crippen molar-refractivity contribution >= 4 is 21.4 Å². The lowest BCUT2D eigenvalue weighted by Crippen LogP contribution is -2.36. The molecule has 0 aromatic heterocycles. The van der Waals surface area contributed by atoms with Crippen molar-refractivity contribution in [3.63, 3.8) is 0 Å². The third-order valence-corrected chi connectivity index (χ3v) is 5.99. The highest BCUT2D eigenvalue weighted by Gasteiger charge is 2.18. The monoisotopic (exact) mass is 360 g/mol. The Labute approximate surface area is 149 Å². The zero-order valence-corrected chi connectivity index (χ0v) is 15.7. The number of anilines is 2. The van der Waals surface area contributed by atoms with Gasteiger partial charge in [0.2, 0.25) is 0 Å². The van der Waals surface area contributed by atoms with Gasteiger partial charge in [-0.1, -0.05) is 12.1 Å². The number of aryl methyl sites for hydroxylation is 3. The van der Waals surface area contributed by atoms with Crippen molar-refractivity contribution in [2.24, 2.45) is 0 Å². The van der Waals surface area contributed by atoms with E-state index in [2.05, 4.69) is 9.62 Å². The zero-order chi connectivity index (χ0) is 18.0. The Balaban J connectivity index is 1.89. The Morgan fingerprint density at radius 2 is 1.60 bits per heavy atom. The van der Waals surface area contributed by atoms with Crippen molar-refractivity contribution in [2.75, 3.05) is 35.9 Å². The molecule has 0 saturated carbocycles. The molecule has 0 atom stereocenters. The van der Waals surface area contributed by atoms with Crippen LogP contribution in [0.2, 0.25) is 0 Å². The average molecular weight is 360 g/mol. The van der Waals surface area contributed by atoms with Crippen LogP contribution in [0.15, 0.2) is 41.3 Å². The molecule has 6 heteroatoms. The van der Waals surface area contributed by atoms with Crippen LogP contribution in [0.3, 0.4) is 0 Å². The summed E-state index contributed by atoms with van der Waals surface area (Å²) in [6, 6.07) is 11.1. The summed E-state index contributed by atoms with van der Waals surface area (Å²) in [4.78, 5) is 2.49. The van der Waals surface area contributed by atoms with Gasteiger partial charge in [-0.25, -0.2) is 8.42 Å². The molecule has 0 bridgehead atoms. The molecule has 2 aromatic rings. The first kappa shape index (κ1) is 17.8. The van der Waals surface area contributed by atoms with Crippen LogP contribution in [-0.2, 0) is 14.8 Å². The number of hydrogen-bond donors (Lipinski definition) is 1. The standard InChI is InChI=1S/C19H24N2O3S/c1-14-5-7-18(12-16(14)3)25(22,23)20-19-13-17(6-4-15(19)2)21-8-10-24-11-9-21/h4-7,12-13,20H,8-11H2,1-3H3. The number of ether oxygens (including phenoxy) is 1. The Morgan fingerprint density at radius 3 is 2.28 bits per heavy atom.